The molecule has 1 aromatic heterocycles. The van der Waals surface area contributed by atoms with Crippen LogP contribution in [0, 0.1) is 0 Å². The summed E-state index contributed by atoms with van der Waals surface area (Å²) < 4.78 is 1.77. The molecular formula is C14H22N4O. The van der Waals surface area contributed by atoms with Gasteiger partial charge in [-0.05, 0) is 32.1 Å². The maximum absolute atomic E-state index is 12.5. The predicted molar refractivity (Wildman–Crippen MR) is 75.3 cm³/mol. The summed E-state index contributed by atoms with van der Waals surface area (Å²) in [4.78, 5) is 19.1. The van der Waals surface area contributed by atoms with E-state index in [1.165, 1.54) is 0 Å². The zero-order chi connectivity index (χ0) is 13.4. The van der Waals surface area contributed by atoms with E-state index >= 15 is 0 Å². The van der Waals surface area contributed by atoms with Gasteiger partial charge in [-0.15, -0.1) is 0 Å². The maximum Gasteiger partial charge on any atom is 0.293 e. The molecule has 5 heteroatoms. The Morgan fingerprint density at radius 3 is 2.68 bits per heavy atom. The van der Waals surface area contributed by atoms with E-state index in [0.717, 1.165) is 38.6 Å². The van der Waals surface area contributed by atoms with Gasteiger partial charge in [-0.3, -0.25) is 4.79 Å². The molecule has 2 unspecified atom stereocenters. The number of anilines is 1. The third-order valence-corrected chi connectivity index (χ3v) is 4.37. The second-order valence-electron chi connectivity index (χ2n) is 5.77. The highest BCUT2D eigenvalue weighted by Crippen LogP contribution is 2.36. The number of fused-ring (bicyclic) bond motifs is 2. The fraction of sp³-hybridized carbons (Fsp3) is 0.714. The van der Waals surface area contributed by atoms with E-state index in [9.17, 15) is 4.79 Å². The van der Waals surface area contributed by atoms with E-state index in [-0.39, 0.29) is 11.6 Å². The molecule has 2 N–H and O–H groups in total. The number of nitrogens with two attached hydrogens (primary N) is 1. The molecule has 0 saturated carbocycles. The first-order chi connectivity index (χ1) is 9.20. The normalized spacial score (nSPS) is 29.8. The molecule has 2 saturated heterocycles. The highest BCUT2D eigenvalue weighted by atomic mass is 16.1. The Bertz CT molecular complexity index is 498. The second kappa shape index (κ2) is 4.96. The molecule has 2 fully saturated rings. The monoisotopic (exact) mass is 262 g/mol. The smallest absolute Gasteiger partial charge is 0.293 e. The Kier molecular flexibility index (Phi) is 3.31. The third-order valence-electron chi connectivity index (χ3n) is 4.37. The minimum absolute atomic E-state index is 0.0525. The van der Waals surface area contributed by atoms with Crippen molar-refractivity contribution in [2.24, 2.45) is 5.73 Å². The number of piperidine rings is 1. The zero-order valence-corrected chi connectivity index (χ0v) is 11.5. The van der Waals surface area contributed by atoms with Gasteiger partial charge in [-0.1, -0.05) is 6.92 Å². The van der Waals surface area contributed by atoms with Gasteiger partial charge in [-0.25, -0.2) is 4.98 Å². The van der Waals surface area contributed by atoms with E-state index in [0.29, 0.717) is 17.9 Å². The number of aryl methyl sites for hydroxylation is 1. The minimum Gasteiger partial charge on any atom is -0.346 e. The summed E-state index contributed by atoms with van der Waals surface area (Å²) in [6, 6.07) is 1.10. The van der Waals surface area contributed by atoms with Crippen molar-refractivity contribution >= 4 is 5.82 Å². The van der Waals surface area contributed by atoms with Crippen molar-refractivity contribution in [3.05, 3.63) is 22.7 Å². The quantitative estimate of drug-likeness (QED) is 0.886. The molecule has 2 atom stereocenters. The highest BCUT2D eigenvalue weighted by molar-refractivity contribution is 5.42. The van der Waals surface area contributed by atoms with E-state index in [4.69, 9.17) is 5.73 Å². The highest BCUT2D eigenvalue weighted by Gasteiger charge is 2.41. The first-order valence-corrected chi connectivity index (χ1v) is 7.30. The molecular weight excluding hydrogens is 240 g/mol. The molecule has 3 rings (SSSR count). The third kappa shape index (κ3) is 2.16. The molecule has 0 amide bonds. The SMILES string of the molecule is CCCn1ccnc(N2C3CCC2CC(N)C3)c1=O. The predicted octanol–water partition coefficient (Wildman–Crippen LogP) is 1.11. The van der Waals surface area contributed by atoms with Crippen LogP contribution in [0.1, 0.15) is 39.0 Å². The molecule has 19 heavy (non-hydrogen) atoms. The summed E-state index contributed by atoms with van der Waals surface area (Å²) >= 11 is 0. The zero-order valence-electron chi connectivity index (χ0n) is 11.5. The van der Waals surface area contributed by atoms with Crippen LogP contribution in [0.3, 0.4) is 0 Å². The molecule has 2 aliphatic rings. The van der Waals surface area contributed by atoms with Crippen molar-refractivity contribution in [3.63, 3.8) is 0 Å². The number of rotatable bonds is 3. The van der Waals surface area contributed by atoms with Crippen molar-refractivity contribution in [1.82, 2.24) is 9.55 Å². The molecule has 0 radical (unpaired) electrons. The Balaban J connectivity index is 1.95. The number of nitrogens with zero attached hydrogens (tertiary/aromatic N) is 3. The molecule has 3 heterocycles. The van der Waals surface area contributed by atoms with E-state index in [1.807, 2.05) is 0 Å². The van der Waals surface area contributed by atoms with Crippen molar-refractivity contribution in [1.29, 1.82) is 0 Å². The molecule has 0 aromatic carbocycles. The lowest BCUT2D eigenvalue weighted by Crippen LogP contribution is -2.50. The first kappa shape index (κ1) is 12.7. The molecule has 1 aromatic rings. The van der Waals surface area contributed by atoms with Crippen LogP contribution in [0.15, 0.2) is 17.2 Å². The maximum atomic E-state index is 12.5. The standard InChI is InChI=1S/C14H22N4O/c1-2-6-17-7-5-16-13(14(17)19)18-11-3-4-12(18)9-10(15)8-11/h5,7,10-12H,2-4,6,8-9,15H2,1H3. The van der Waals surface area contributed by atoms with Gasteiger partial charge < -0.3 is 15.2 Å². The van der Waals surface area contributed by atoms with Crippen LogP contribution in [0.4, 0.5) is 5.82 Å². The van der Waals surface area contributed by atoms with Crippen LogP contribution in [0.25, 0.3) is 0 Å². The minimum atomic E-state index is 0.0525. The molecule has 0 spiro atoms. The summed E-state index contributed by atoms with van der Waals surface area (Å²) in [7, 11) is 0. The lowest BCUT2D eigenvalue weighted by molar-refractivity contribution is 0.409. The largest absolute Gasteiger partial charge is 0.346 e. The molecule has 2 aliphatic heterocycles. The Morgan fingerprint density at radius 2 is 2.05 bits per heavy atom. The Labute approximate surface area is 113 Å². The fourth-order valence-corrected chi connectivity index (χ4v) is 3.59. The number of hydrogen-bond donors (Lipinski definition) is 1. The van der Waals surface area contributed by atoms with Gasteiger partial charge >= 0.3 is 0 Å². The number of aromatic nitrogens is 2. The lowest BCUT2D eigenvalue weighted by Gasteiger charge is -2.38. The van der Waals surface area contributed by atoms with E-state index in [2.05, 4.69) is 16.8 Å². The fourth-order valence-electron chi connectivity index (χ4n) is 3.59. The van der Waals surface area contributed by atoms with Gasteiger partial charge in [0.2, 0.25) is 0 Å². The van der Waals surface area contributed by atoms with Gasteiger partial charge in [0.15, 0.2) is 5.82 Å². The van der Waals surface area contributed by atoms with Crippen molar-refractivity contribution in [2.75, 3.05) is 4.90 Å². The van der Waals surface area contributed by atoms with Gasteiger partial charge in [-0.2, -0.15) is 0 Å². The molecule has 2 bridgehead atoms. The average Bonchev–Trinajstić information content (AvgIpc) is 2.65. The summed E-state index contributed by atoms with van der Waals surface area (Å²) in [5.41, 5.74) is 6.13. The molecule has 0 aliphatic carbocycles. The topological polar surface area (TPSA) is 64.2 Å². The summed E-state index contributed by atoms with van der Waals surface area (Å²) in [5, 5.41) is 0. The molecule has 104 valence electrons. The van der Waals surface area contributed by atoms with Crippen LogP contribution in [0.2, 0.25) is 0 Å². The van der Waals surface area contributed by atoms with E-state index < -0.39 is 0 Å². The van der Waals surface area contributed by atoms with Gasteiger partial charge in [0.25, 0.3) is 5.56 Å². The Morgan fingerprint density at radius 1 is 1.37 bits per heavy atom. The lowest BCUT2D eigenvalue weighted by atomic mass is 9.98. The average molecular weight is 262 g/mol. The van der Waals surface area contributed by atoms with Crippen molar-refractivity contribution < 1.29 is 0 Å². The van der Waals surface area contributed by atoms with E-state index in [1.54, 1.807) is 17.0 Å². The van der Waals surface area contributed by atoms with Gasteiger partial charge in [0, 0.05) is 37.1 Å². The van der Waals surface area contributed by atoms with Crippen LogP contribution < -0.4 is 16.2 Å². The first-order valence-electron chi connectivity index (χ1n) is 7.30. The summed E-state index contributed by atoms with van der Waals surface area (Å²) in [6.45, 7) is 2.84. The van der Waals surface area contributed by atoms with Crippen molar-refractivity contribution in [3.8, 4) is 0 Å². The summed E-state index contributed by atoms with van der Waals surface area (Å²) in [5.74, 6) is 0.635. The van der Waals surface area contributed by atoms with Crippen LogP contribution in [-0.4, -0.2) is 27.7 Å². The Hall–Kier alpha value is -1.36. The van der Waals surface area contributed by atoms with Crippen LogP contribution in [-0.2, 0) is 6.54 Å². The summed E-state index contributed by atoms with van der Waals surface area (Å²) in [6.07, 6.45) is 8.75. The second-order valence-corrected chi connectivity index (χ2v) is 5.77. The van der Waals surface area contributed by atoms with Crippen molar-refractivity contribution in [2.45, 2.75) is 63.7 Å². The van der Waals surface area contributed by atoms with Crippen LogP contribution in [0.5, 0.6) is 0 Å². The van der Waals surface area contributed by atoms with Crippen LogP contribution >= 0.6 is 0 Å². The molecule has 5 nitrogen and oxygen atoms in total. The number of hydrogen-bond acceptors (Lipinski definition) is 4. The van der Waals surface area contributed by atoms with Gasteiger partial charge in [0.1, 0.15) is 0 Å². The van der Waals surface area contributed by atoms with Gasteiger partial charge in [0.05, 0.1) is 0 Å².